The van der Waals surface area contributed by atoms with E-state index in [9.17, 15) is 0 Å². The van der Waals surface area contributed by atoms with E-state index in [-0.39, 0.29) is 12.2 Å². The Bertz CT molecular complexity index is 340. The van der Waals surface area contributed by atoms with Gasteiger partial charge in [-0.05, 0) is 13.8 Å². The molecule has 0 amide bonds. The molecule has 1 aromatic rings. The van der Waals surface area contributed by atoms with Gasteiger partial charge >= 0.3 is 0 Å². The number of nitrogens with zero attached hydrogens (tertiary/aromatic N) is 2. The molecule has 5 heteroatoms. The zero-order valence-corrected chi connectivity index (χ0v) is 10.6. The van der Waals surface area contributed by atoms with E-state index in [1.807, 2.05) is 17.1 Å². The van der Waals surface area contributed by atoms with Crippen molar-refractivity contribution in [3.05, 3.63) is 18.0 Å². The van der Waals surface area contributed by atoms with E-state index in [1.54, 1.807) is 0 Å². The highest BCUT2D eigenvalue weighted by Gasteiger charge is 2.18. The SMILES string of the molecule is CCn1cc(COCC2CNCC(C)O2)cn1. The first-order valence-electron chi connectivity index (χ1n) is 6.23. The molecular weight excluding hydrogens is 218 g/mol. The van der Waals surface area contributed by atoms with Gasteiger partial charge in [0.25, 0.3) is 0 Å². The van der Waals surface area contributed by atoms with Crippen LogP contribution in [0.4, 0.5) is 0 Å². The van der Waals surface area contributed by atoms with Gasteiger partial charge in [0.15, 0.2) is 0 Å². The molecule has 1 N–H and O–H groups in total. The molecule has 2 unspecified atom stereocenters. The molecule has 0 spiro atoms. The van der Waals surface area contributed by atoms with Crippen LogP contribution >= 0.6 is 0 Å². The molecule has 1 aliphatic rings. The van der Waals surface area contributed by atoms with Crippen LogP contribution in [0.2, 0.25) is 0 Å². The van der Waals surface area contributed by atoms with Crippen LogP contribution in [0.5, 0.6) is 0 Å². The van der Waals surface area contributed by atoms with Crippen molar-refractivity contribution in [2.45, 2.75) is 39.2 Å². The Morgan fingerprint density at radius 2 is 2.47 bits per heavy atom. The topological polar surface area (TPSA) is 48.3 Å². The van der Waals surface area contributed by atoms with E-state index in [4.69, 9.17) is 9.47 Å². The number of nitrogens with one attached hydrogen (secondary N) is 1. The molecule has 2 rings (SSSR count). The molecule has 96 valence electrons. The Kier molecular flexibility index (Phi) is 4.53. The predicted octanol–water partition coefficient (Wildman–Crippen LogP) is 0.796. The summed E-state index contributed by atoms with van der Waals surface area (Å²) in [4.78, 5) is 0. The fraction of sp³-hybridized carbons (Fsp3) is 0.750. The van der Waals surface area contributed by atoms with E-state index >= 15 is 0 Å². The fourth-order valence-corrected chi connectivity index (χ4v) is 1.93. The second-order valence-corrected chi connectivity index (χ2v) is 4.45. The van der Waals surface area contributed by atoms with Crippen molar-refractivity contribution >= 4 is 0 Å². The van der Waals surface area contributed by atoms with Crippen molar-refractivity contribution in [3.8, 4) is 0 Å². The van der Waals surface area contributed by atoms with Gasteiger partial charge in [0.05, 0.1) is 31.6 Å². The Morgan fingerprint density at radius 1 is 1.59 bits per heavy atom. The third-order valence-corrected chi connectivity index (χ3v) is 2.81. The van der Waals surface area contributed by atoms with Crippen LogP contribution in [-0.4, -0.2) is 41.7 Å². The summed E-state index contributed by atoms with van der Waals surface area (Å²) in [5.74, 6) is 0. The molecule has 0 aromatic carbocycles. The van der Waals surface area contributed by atoms with Crippen molar-refractivity contribution in [1.29, 1.82) is 0 Å². The van der Waals surface area contributed by atoms with Gasteiger partial charge in [0, 0.05) is 31.4 Å². The molecule has 0 bridgehead atoms. The van der Waals surface area contributed by atoms with Gasteiger partial charge in [0.2, 0.25) is 0 Å². The van der Waals surface area contributed by atoms with Crippen LogP contribution in [0.1, 0.15) is 19.4 Å². The lowest BCUT2D eigenvalue weighted by atomic mass is 10.2. The quantitative estimate of drug-likeness (QED) is 0.825. The monoisotopic (exact) mass is 239 g/mol. The van der Waals surface area contributed by atoms with Gasteiger partial charge in [-0.25, -0.2) is 0 Å². The minimum atomic E-state index is 0.167. The van der Waals surface area contributed by atoms with Crippen LogP contribution in [-0.2, 0) is 22.6 Å². The second-order valence-electron chi connectivity index (χ2n) is 4.45. The van der Waals surface area contributed by atoms with Crippen molar-refractivity contribution in [2.24, 2.45) is 0 Å². The number of hydrogen-bond acceptors (Lipinski definition) is 4. The third-order valence-electron chi connectivity index (χ3n) is 2.81. The van der Waals surface area contributed by atoms with Crippen LogP contribution < -0.4 is 5.32 Å². The van der Waals surface area contributed by atoms with E-state index in [0.29, 0.717) is 13.2 Å². The van der Waals surface area contributed by atoms with Crippen LogP contribution in [0.3, 0.4) is 0 Å². The standard InChI is InChI=1S/C12H21N3O2/c1-3-15-7-11(5-14-15)8-16-9-12-6-13-4-10(2)17-12/h5,7,10,12-13H,3-4,6,8-9H2,1-2H3. The summed E-state index contributed by atoms with van der Waals surface area (Å²) in [6, 6.07) is 0. The average Bonchev–Trinajstić information content (AvgIpc) is 2.77. The smallest absolute Gasteiger partial charge is 0.0936 e. The first-order valence-corrected chi connectivity index (χ1v) is 6.23. The van der Waals surface area contributed by atoms with E-state index in [2.05, 4.69) is 24.3 Å². The molecule has 0 aliphatic carbocycles. The van der Waals surface area contributed by atoms with Gasteiger partial charge in [-0.3, -0.25) is 4.68 Å². The Labute approximate surface area is 102 Å². The van der Waals surface area contributed by atoms with Crippen LogP contribution in [0.15, 0.2) is 12.4 Å². The summed E-state index contributed by atoms with van der Waals surface area (Å²) in [7, 11) is 0. The lowest BCUT2D eigenvalue weighted by Gasteiger charge is -2.28. The van der Waals surface area contributed by atoms with Crippen molar-refractivity contribution in [2.75, 3.05) is 19.7 Å². The van der Waals surface area contributed by atoms with Gasteiger partial charge in [-0.2, -0.15) is 5.10 Å². The van der Waals surface area contributed by atoms with Gasteiger partial charge in [-0.1, -0.05) is 0 Å². The number of aryl methyl sites for hydroxylation is 1. The first-order chi connectivity index (χ1) is 8.28. The van der Waals surface area contributed by atoms with Gasteiger partial charge in [-0.15, -0.1) is 0 Å². The molecule has 0 saturated carbocycles. The molecular formula is C12H21N3O2. The highest BCUT2D eigenvalue weighted by molar-refractivity contribution is 5.01. The molecule has 0 radical (unpaired) electrons. The number of hydrogen-bond donors (Lipinski definition) is 1. The minimum absolute atomic E-state index is 0.167. The van der Waals surface area contributed by atoms with Gasteiger partial charge in [0.1, 0.15) is 0 Å². The molecule has 17 heavy (non-hydrogen) atoms. The van der Waals surface area contributed by atoms with E-state index < -0.39 is 0 Å². The van der Waals surface area contributed by atoms with Crippen LogP contribution in [0, 0.1) is 0 Å². The molecule has 2 atom stereocenters. The summed E-state index contributed by atoms with van der Waals surface area (Å²) >= 11 is 0. The summed E-state index contributed by atoms with van der Waals surface area (Å²) in [6.45, 7) is 8.08. The zero-order valence-electron chi connectivity index (χ0n) is 10.6. The number of morpholine rings is 1. The maximum Gasteiger partial charge on any atom is 0.0936 e. The predicted molar refractivity (Wildman–Crippen MR) is 64.8 cm³/mol. The normalized spacial score (nSPS) is 25.1. The first kappa shape index (κ1) is 12.5. The summed E-state index contributed by atoms with van der Waals surface area (Å²) in [5.41, 5.74) is 1.11. The van der Waals surface area contributed by atoms with Gasteiger partial charge < -0.3 is 14.8 Å². The summed E-state index contributed by atoms with van der Waals surface area (Å²) in [6.07, 6.45) is 4.31. The lowest BCUT2D eigenvalue weighted by molar-refractivity contribution is -0.0716. The maximum atomic E-state index is 5.74. The molecule has 5 nitrogen and oxygen atoms in total. The Morgan fingerprint density at radius 3 is 3.18 bits per heavy atom. The van der Waals surface area contributed by atoms with Crippen molar-refractivity contribution in [3.63, 3.8) is 0 Å². The largest absolute Gasteiger partial charge is 0.374 e. The number of aromatic nitrogens is 2. The summed E-state index contributed by atoms with van der Waals surface area (Å²) in [5, 5.41) is 7.53. The fourth-order valence-electron chi connectivity index (χ4n) is 1.93. The van der Waals surface area contributed by atoms with Crippen molar-refractivity contribution in [1.82, 2.24) is 15.1 Å². The third kappa shape index (κ3) is 3.80. The second kappa shape index (κ2) is 6.14. The van der Waals surface area contributed by atoms with E-state index in [0.717, 1.165) is 25.2 Å². The average molecular weight is 239 g/mol. The molecule has 1 fully saturated rings. The molecule has 1 aromatic heterocycles. The van der Waals surface area contributed by atoms with Crippen molar-refractivity contribution < 1.29 is 9.47 Å². The van der Waals surface area contributed by atoms with E-state index in [1.165, 1.54) is 0 Å². The minimum Gasteiger partial charge on any atom is -0.374 e. The Hall–Kier alpha value is -0.910. The number of rotatable bonds is 5. The lowest BCUT2D eigenvalue weighted by Crippen LogP contribution is -2.45. The summed E-state index contributed by atoms with van der Waals surface area (Å²) < 4.78 is 13.3. The molecule has 1 saturated heterocycles. The number of ether oxygens (including phenoxy) is 2. The zero-order chi connectivity index (χ0) is 12.1. The highest BCUT2D eigenvalue weighted by atomic mass is 16.5. The Balaban J connectivity index is 1.68. The molecule has 2 heterocycles. The maximum absolute atomic E-state index is 5.74. The molecule has 1 aliphatic heterocycles. The van der Waals surface area contributed by atoms with Crippen LogP contribution in [0.25, 0.3) is 0 Å². The highest BCUT2D eigenvalue weighted by Crippen LogP contribution is 2.06.